The Morgan fingerprint density at radius 2 is 1.45 bits per heavy atom. The molecule has 2 aromatic carbocycles. The lowest BCUT2D eigenvalue weighted by Crippen LogP contribution is -2.04. The molecule has 0 aromatic heterocycles. The SMILES string of the molecule is Cc1c(C)c(C)c(Cc2cccc(C3CC3N)c2)c(C)c1C. The number of nitrogens with two attached hydrogens (primary N) is 1. The average Bonchev–Trinajstić information content (AvgIpc) is 3.25. The van der Waals surface area contributed by atoms with Gasteiger partial charge in [0.05, 0.1) is 0 Å². The van der Waals surface area contributed by atoms with E-state index >= 15 is 0 Å². The summed E-state index contributed by atoms with van der Waals surface area (Å²) in [5.74, 6) is 0.587. The molecule has 1 nitrogen and oxygen atoms in total. The highest BCUT2D eigenvalue weighted by molar-refractivity contribution is 5.51. The van der Waals surface area contributed by atoms with E-state index in [2.05, 4.69) is 58.9 Å². The Bertz CT molecular complexity index is 698. The molecule has 0 spiro atoms. The van der Waals surface area contributed by atoms with Crippen molar-refractivity contribution in [2.24, 2.45) is 5.73 Å². The first-order chi connectivity index (χ1) is 10.4. The van der Waals surface area contributed by atoms with Crippen molar-refractivity contribution in [1.82, 2.24) is 0 Å². The van der Waals surface area contributed by atoms with Crippen LogP contribution in [0.2, 0.25) is 0 Å². The molecule has 22 heavy (non-hydrogen) atoms. The van der Waals surface area contributed by atoms with Gasteiger partial charge in [-0.05, 0) is 92.0 Å². The molecule has 0 radical (unpaired) electrons. The van der Waals surface area contributed by atoms with Crippen LogP contribution in [0.5, 0.6) is 0 Å². The molecule has 2 N–H and O–H groups in total. The van der Waals surface area contributed by atoms with E-state index in [1.165, 1.54) is 44.5 Å². The summed E-state index contributed by atoms with van der Waals surface area (Å²) in [4.78, 5) is 0. The summed E-state index contributed by atoms with van der Waals surface area (Å²) < 4.78 is 0. The molecular weight excluding hydrogens is 266 g/mol. The average molecular weight is 293 g/mol. The van der Waals surface area contributed by atoms with Crippen molar-refractivity contribution < 1.29 is 0 Å². The zero-order valence-corrected chi connectivity index (χ0v) is 14.5. The Hall–Kier alpha value is -1.60. The minimum atomic E-state index is 0.377. The van der Waals surface area contributed by atoms with E-state index in [9.17, 15) is 0 Å². The van der Waals surface area contributed by atoms with Gasteiger partial charge in [-0.1, -0.05) is 24.3 Å². The predicted molar refractivity (Wildman–Crippen MR) is 94.7 cm³/mol. The molecule has 0 saturated heterocycles. The van der Waals surface area contributed by atoms with Gasteiger partial charge in [0.2, 0.25) is 0 Å². The maximum absolute atomic E-state index is 6.01. The van der Waals surface area contributed by atoms with Gasteiger partial charge in [-0.2, -0.15) is 0 Å². The van der Waals surface area contributed by atoms with E-state index in [4.69, 9.17) is 5.73 Å². The quantitative estimate of drug-likeness (QED) is 0.877. The smallest absolute Gasteiger partial charge is 0.0115 e. The second-order valence-electron chi connectivity index (χ2n) is 7.03. The summed E-state index contributed by atoms with van der Waals surface area (Å²) in [6.07, 6.45) is 2.17. The van der Waals surface area contributed by atoms with E-state index in [0.717, 1.165) is 12.8 Å². The third-order valence-electron chi connectivity index (χ3n) is 5.76. The zero-order chi connectivity index (χ0) is 16.0. The molecule has 0 amide bonds. The monoisotopic (exact) mass is 293 g/mol. The minimum Gasteiger partial charge on any atom is -0.327 e. The van der Waals surface area contributed by atoms with E-state index < -0.39 is 0 Å². The van der Waals surface area contributed by atoms with Gasteiger partial charge in [-0.15, -0.1) is 0 Å². The van der Waals surface area contributed by atoms with Crippen LogP contribution < -0.4 is 5.73 Å². The van der Waals surface area contributed by atoms with Gasteiger partial charge < -0.3 is 5.73 Å². The van der Waals surface area contributed by atoms with Crippen molar-refractivity contribution in [2.75, 3.05) is 0 Å². The first-order valence-corrected chi connectivity index (χ1v) is 8.30. The fraction of sp³-hybridized carbons (Fsp3) is 0.429. The highest BCUT2D eigenvalue weighted by atomic mass is 14.7. The van der Waals surface area contributed by atoms with Gasteiger partial charge in [-0.25, -0.2) is 0 Å². The van der Waals surface area contributed by atoms with Crippen LogP contribution in [0.3, 0.4) is 0 Å². The normalized spacial score (nSPS) is 20.3. The number of hydrogen-bond donors (Lipinski definition) is 1. The first-order valence-electron chi connectivity index (χ1n) is 8.30. The van der Waals surface area contributed by atoms with Gasteiger partial charge in [0.15, 0.2) is 0 Å². The molecule has 2 atom stereocenters. The molecule has 0 aliphatic heterocycles. The van der Waals surface area contributed by atoms with E-state index in [1.54, 1.807) is 0 Å². The van der Waals surface area contributed by atoms with Crippen molar-refractivity contribution in [3.8, 4) is 0 Å². The maximum Gasteiger partial charge on any atom is 0.0115 e. The molecule has 1 aliphatic carbocycles. The summed E-state index contributed by atoms with van der Waals surface area (Å²) in [5.41, 5.74) is 17.6. The molecule has 0 bridgehead atoms. The summed E-state index contributed by atoms with van der Waals surface area (Å²) >= 11 is 0. The van der Waals surface area contributed by atoms with E-state index in [0.29, 0.717) is 12.0 Å². The van der Waals surface area contributed by atoms with Crippen LogP contribution in [0.4, 0.5) is 0 Å². The molecule has 2 unspecified atom stereocenters. The van der Waals surface area contributed by atoms with Crippen LogP contribution in [-0.2, 0) is 6.42 Å². The van der Waals surface area contributed by atoms with Crippen molar-refractivity contribution in [3.05, 3.63) is 68.8 Å². The van der Waals surface area contributed by atoms with E-state index in [-0.39, 0.29) is 0 Å². The molecule has 1 heteroatoms. The van der Waals surface area contributed by atoms with Crippen LogP contribution >= 0.6 is 0 Å². The molecule has 1 aliphatic rings. The molecular formula is C21H27N. The van der Waals surface area contributed by atoms with Crippen molar-refractivity contribution in [3.63, 3.8) is 0 Å². The maximum atomic E-state index is 6.01. The fourth-order valence-corrected chi connectivity index (χ4v) is 3.58. The predicted octanol–water partition coefficient (Wildman–Crippen LogP) is 4.63. The number of hydrogen-bond acceptors (Lipinski definition) is 1. The van der Waals surface area contributed by atoms with Crippen LogP contribution in [0.25, 0.3) is 0 Å². The summed E-state index contributed by atoms with van der Waals surface area (Å²) in [6.45, 7) is 11.3. The number of benzene rings is 2. The van der Waals surface area contributed by atoms with Crippen LogP contribution in [-0.4, -0.2) is 6.04 Å². The van der Waals surface area contributed by atoms with Gasteiger partial charge in [0.25, 0.3) is 0 Å². The Labute approximate surface area is 134 Å². The van der Waals surface area contributed by atoms with E-state index in [1.807, 2.05) is 0 Å². The van der Waals surface area contributed by atoms with Gasteiger partial charge in [0, 0.05) is 12.0 Å². The lowest BCUT2D eigenvalue weighted by atomic mass is 9.86. The molecule has 2 aromatic rings. The fourth-order valence-electron chi connectivity index (χ4n) is 3.58. The minimum absolute atomic E-state index is 0.377. The van der Waals surface area contributed by atoms with Crippen LogP contribution in [0.1, 0.15) is 56.8 Å². The first kappa shape index (κ1) is 15.3. The zero-order valence-electron chi connectivity index (χ0n) is 14.5. The number of rotatable bonds is 3. The molecule has 1 saturated carbocycles. The highest BCUT2D eigenvalue weighted by Gasteiger charge is 2.34. The largest absolute Gasteiger partial charge is 0.327 e. The Morgan fingerprint density at radius 3 is 2.00 bits per heavy atom. The van der Waals surface area contributed by atoms with Crippen LogP contribution in [0.15, 0.2) is 24.3 Å². The summed E-state index contributed by atoms with van der Waals surface area (Å²) in [5, 5.41) is 0. The molecule has 3 rings (SSSR count). The standard InChI is InChI=1S/C21H27N/c1-12-13(2)15(4)19(16(5)14(12)3)10-17-7-6-8-18(9-17)20-11-21(20)22/h6-9,20-21H,10-11,22H2,1-5H3. The third kappa shape index (κ3) is 2.59. The molecule has 1 fully saturated rings. The lowest BCUT2D eigenvalue weighted by Gasteiger charge is -2.19. The van der Waals surface area contributed by atoms with Crippen molar-refractivity contribution in [2.45, 2.75) is 59.4 Å². The second kappa shape index (κ2) is 5.55. The van der Waals surface area contributed by atoms with Gasteiger partial charge in [0.1, 0.15) is 0 Å². The topological polar surface area (TPSA) is 26.0 Å². The van der Waals surface area contributed by atoms with Gasteiger partial charge >= 0.3 is 0 Å². The second-order valence-corrected chi connectivity index (χ2v) is 7.03. The van der Waals surface area contributed by atoms with Gasteiger partial charge in [-0.3, -0.25) is 0 Å². The highest BCUT2D eigenvalue weighted by Crippen LogP contribution is 2.39. The third-order valence-corrected chi connectivity index (χ3v) is 5.76. The van der Waals surface area contributed by atoms with Crippen LogP contribution in [0, 0.1) is 34.6 Å². The van der Waals surface area contributed by atoms with Crippen molar-refractivity contribution in [1.29, 1.82) is 0 Å². The lowest BCUT2D eigenvalue weighted by molar-refractivity contribution is 0.983. The summed E-state index contributed by atoms with van der Waals surface area (Å²) in [7, 11) is 0. The van der Waals surface area contributed by atoms with Crippen molar-refractivity contribution >= 4 is 0 Å². The Kier molecular flexibility index (Phi) is 3.86. The Morgan fingerprint density at radius 1 is 0.909 bits per heavy atom. The molecule has 116 valence electrons. The molecule has 0 heterocycles. The Balaban J connectivity index is 1.97. The summed E-state index contributed by atoms with van der Waals surface area (Å²) in [6, 6.07) is 9.41.